The Hall–Kier alpha value is -1.23. The molecule has 0 heterocycles. The van der Waals surface area contributed by atoms with E-state index in [2.05, 4.69) is 9.43 Å². The maximum Gasteiger partial charge on any atom is 0.264 e. The van der Waals surface area contributed by atoms with Crippen molar-refractivity contribution >= 4 is 21.6 Å². The van der Waals surface area contributed by atoms with Crippen molar-refractivity contribution in [2.75, 3.05) is 0 Å². The summed E-state index contributed by atoms with van der Waals surface area (Å²) < 4.78 is 25.3. The normalized spacial score (nSPS) is 10.7. The second kappa shape index (κ2) is 3.88. The molecular formula is C7H6ClN3O2S. The fourth-order valence-electron chi connectivity index (χ4n) is 0.994. The second-order valence-corrected chi connectivity index (χ2v) is 4.55. The Bertz CT molecular complexity index is 506. The van der Waals surface area contributed by atoms with Crippen molar-refractivity contribution in [1.82, 2.24) is 0 Å². The Balaban J connectivity index is 3.41. The zero-order chi connectivity index (χ0) is 10.8. The highest BCUT2D eigenvalue weighted by Gasteiger charge is 2.14. The van der Waals surface area contributed by atoms with Gasteiger partial charge in [-0.1, -0.05) is 11.6 Å². The van der Waals surface area contributed by atoms with Crippen LogP contribution in [0, 0.1) is 6.92 Å². The highest BCUT2D eigenvalue weighted by atomic mass is 35.5. The van der Waals surface area contributed by atoms with E-state index in [1.165, 1.54) is 18.2 Å². The quantitative estimate of drug-likeness (QED) is 0.445. The molecule has 1 rings (SSSR count). The number of hydrogen-bond acceptors (Lipinski definition) is 2. The molecule has 0 radical (unpaired) electrons. The molecule has 0 fully saturated rings. The standard InChI is InChI=1S/C7H6ClN3O2S/c1-5-4-6(8)2-3-7(5)14(12,13)11-10-9/h2-4H,1H3. The molecule has 1 aromatic carbocycles. The third-order valence-electron chi connectivity index (χ3n) is 1.56. The lowest BCUT2D eigenvalue weighted by molar-refractivity contribution is 0.597. The van der Waals surface area contributed by atoms with Crippen LogP contribution in [0.3, 0.4) is 0 Å². The SMILES string of the molecule is Cc1cc(Cl)ccc1S(=O)(=O)N=[N+]=[N-]. The number of aryl methyl sites for hydroxylation is 1. The molecule has 0 aromatic heterocycles. The molecule has 0 aliphatic rings. The van der Waals surface area contributed by atoms with Crippen LogP contribution in [0.5, 0.6) is 0 Å². The van der Waals surface area contributed by atoms with Crippen molar-refractivity contribution in [3.63, 3.8) is 0 Å². The van der Waals surface area contributed by atoms with Crippen LogP contribution >= 0.6 is 11.6 Å². The third kappa shape index (κ3) is 2.17. The summed E-state index contributed by atoms with van der Waals surface area (Å²) in [6.07, 6.45) is 0. The molecule has 74 valence electrons. The van der Waals surface area contributed by atoms with Crippen LogP contribution < -0.4 is 0 Å². The summed E-state index contributed by atoms with van der Waals surface area (Å²) in [6, 6.07) is 4.22. The first-order valence-corrected chi connectivity index (χ1v) is 5.37. The van der Waals surface area contributed by atoms with Crippen molar-refractivity contribution < 1.29 is 8.42 Å². The van der Waals surface area contributed by atoms with Crippen molar-refractivity contribution in [2.45, 2.75) is 11.8 Å². The molecular weight excluding hydrogens is 226 g/mol. The molecule has 14 heavy (non-hydrogen) atoms. The van der Waals surface area contributed by atoms with E-state index in [1.807, 2.05) is 0 Å². The van der Waals surface area contributed by atoms with E-state index in [-0.39, 0.29) is 4.90 Å². The number of rotatable bonds is 2. The fraction of sp³-hybridized carbons (Fsp3) is 0.143. The molecule has 0 amide bonds. The Morgan fingerprint density at radius 3 is 2.64 bits per heavy atom. The van der Waals surface area contributed by atoms with Crippen LogP contribution in [0.2, 0.25) is 5.02 Å². The zero-order valence-corrected chi connectivity index (χ0v) is 8.75. The van der Waals surface area contributed by atoms with Crippen LogP contribution in [0.25, 0.3) is 10.4 Å². The van der Waals surface area contributed by atoms with E-state index < -0.39 is 10.0 Å². The zero-order valence-electron chi connectivity index (χ0n) is 7.18. The average Bonchev–Trinajstić information content (AvgIpc) is 2.02. The first kappa shape index (κ1) is 10.8. The van der Waals surface area contributed by atoms with E-state index in [4.69, 9.17) is 17.1 Å². The van der Waals surface area contributed by atoms with Crippen LogP contribution in [0.15, 0.2) is 27.6 Å². The number of halogens is 1. The molecule has 5 nitrogen and oxygen atoms in total. The van der Waals surface area contributed by atoms with Gasteiger partial charge in [0.25, 0.3) is 10.0 Å². The summed E-state index contributed by atoms with van der Waals surface area (Å²) in [5.41, 5.74) is 8.51. The molecule has 0 unspecified atom stereocenters. The van der Waals surface area contributed by atoms with Crippen LogP contribution in [0.1, 0.15) is 5.56 Å². The first-order valence-electron chi connectivity index (χ1n) is 3.55. The molecule has 0 aliphatic carbocycles. The number of azide groups is 1. The molecule has 0 saturated heterocycles. The molecule has 0 atom stereocenters. The summed E-state index contributed by atoms with van der Waals surface area (Å²) >= 11 is 5.65. The summed E-state index contributed by atoms with van der Waals surface area (Å²) in [7, 11) is -3.91. The van der Waals surface area contributed by atoms with Gasteiger partial charge in [-0.15, -0.1) is 0 Å². The van der Waals surface area contributed by atoms with Crippen LogP contribution in [0.4, 0.5) is 0 Å². The number of benzene rings is 1. The molecule has 0 bridgehead atoms. The van der Waals surface area contributed by atoms with Gasteiger partial charge in [0.05, 0.1) is 4.90 Å². The monoisotopic (exact) mass is 231 g/mol. The minimum atomic E-state index is -3.91. The van der Waals surface area contributed by atoms with Gasteiger partial charge in [0, 0.05) is 14.5 Å². The van der Waals surface area contributed by atoms with Crippen molar-refractivity contribution in [1.29, 1.82) is 0 Å². The first-order chi connectivity index (χ1) is 6.47. The number of sulfonamides is 1. The van der Waals surface area contributed by atoms with Gasteiger partial charge in [0.15, 0.2) is 0 Å². The molecule has 0 aliphatic heterocycles. The summed E-state index contributed by atoms with van der Waals surface area (Å²) in [4.78, 5) is 2.22. The second-order valence-electron chi connectivity index (χ2n) is 2.56. The van der Waals surface area contributed by atoms with Gasteiger partial charge in [-0.2, -0.15) is 0 Å². The number of nitrogens with zero attached hydrogens (tertiary/aromatic N) is 3. The highest BCUT2D eigenvalue weighted by molar-refractivity contribution is 7.90. The summed E-state index contributed by atoms with van der Waals surface area (Å²) in [5.74, 6) is 0. The maximum atomic E-state index is 11.3. The largest absolute Gasteiger partial charge is 0.264 e. The van der Waals surface area contributed by atoms with Gasteiger partial charge in [0.1, 0.15) is 0 Å². The van der Waals surface area contributed by atoms with E-state index in [1.54, 1.807) is 6.92 Å². The van der Waals surface area contributed by atoms with E-state index in [0.717, 1.165) is 0 Å². The minimum absolute atomic E-state index is 0.0281. The Kier molecular flexibility index (Phi) is 3.00. The van der Waals surface area contributed by atoms with E-state index >= 15 is 0 Å². The Morgan fingerprint density at radius 2 is 2.14 bits per heavy atom. The smallest absolute Gasteiger partial charge is 0.216 e. The maximum absolute atomic E-state index is 11.3. The third-order valence-corrected chi connectivity index (χ3v) is 3.10. The molecule has 1 aromatic rings. The van der Waals surface area contributed by atoms with Crippen molar-refractivity contribution in [2.24, 2.45) is 4.52 Å². The predicted octanol–water partition coefficient (Wildman–Crippen LogP) is 2.65. The fourth-order valence-corrected chi connectivity index (χ4v) is 2.11. The van der Waals surface area contributed by atoms with Crippen molar-refractivity contribution in [3.8, 4) is 0 Å². The summed E-state index contributed by atoms with van der Waals surface area (Å²) in [5, 5.41) is 0.433. The van der Waals surface area contributed by atoms with Gasteiger partial charge in [-0.3, -0.25) is 0 Å². The van der Waals surface area contributed by atoms with Gasteiger partial charge in [-0.25, -0.2) is 8.42 Å². The van der Waals surface area contributed by atoms with Gasteiger partial charge in [-0.05, 0) is 36.2 Å². The van der Waals surface area contributed by atoms with Crippen LogP contribution in [-0.2, 0) is 10.0 Å². The average molecular weight is 232 g/mol. The lowest BCUT2D eigenvalue weighted by Gasteiger charge is -2.01. The lowest BCUT2D eigenvalue weighted by atomic mass is 10.2. The topological polar surface area (TPSA) is 82.9 Å². The Labute approximate surface area is 86.0 Å². The molecule has 7 heteroatoms. The highest BCUT2D eigenvalue weighted by Crippen LogP contribution is 2.21. The van der Waals surface area contributed by atoms with Gasteiger partial charge in [0.2, 0.25) is 0 Å². The lowest BCUT2D eigenvalue weighted by Crippen LogP contribution is -1.97. The molecule has 0 saturated carbocycles. The van der Waals surface area contributed by atoms with Crippen LogP contribution in [-0.4, -0.2) is 8.42 Å². The van der Waals surface area contributed by atoms with E-state index in [0.29, 0.717) is 10.6 Å². The van der Waals surface area contributed by atoms with Gasteiger partial charge < -0.3 is 0 Å². The number of hydrogen-bond donors (Lipinski definition) is 0. The minimum Gasteiger partial charge on any atom is -0.216 e. The van der Waals surface area contributed by atoms with E-state index in [9.17, 15) is 8.42 Å². The Morgan fingerprint density at radius 1 is 1.50 bits per heavy atom. The molecule has 0 N–H and O–H groups in total. The predicted molar refractivity (Wildman–Crippen MR) is 52.5 cm³/mol. The summed E-state index contributed by atoms with van der Waals surface area (Å²) in [6.45, 7) is 1.58. The molecule has 0 spiro atoms. The van der Waals surface area contributed by atoms with Gasteiger partial charge >= 0.3 is 0 Å². The van der Waals surface area contributed by atoms with Crippen molar-refractivity contribution in [3.05, 3.63) is 39.2 Å².